The van der Waals surface area contributed by atoms with Crippen molar-refractivity contribution in [2.24, 2.45) is 0 Å². The monoisotopic (exact) mass is 327 g/mol. The van der Waals surface area contributed by atoms with Gasteiger partial charge in [-0.3, -0.25) is 4.79 Å². The van der Waals surface area contributed by atoms with Gasteiger partial charge in [0.15, 0.2) is 5.78 Å². The van der Waals surface area contributed by atoms with Crippen molar-refractivity contribution in [3.8, 4) is 11.8 Å². The minimum absolute atomic E-state index is 0.0758. The standard InChI is InChI=1S/C16H16F3NO3/c1-3-4-5-13(21)12(9-20)15(22)11-7-6-10(16(17,18)19)8-14(11)23-2/h6-8,22H,3-5H2,1-2H3. The van der Waals surface area contributed by atoms with Crippen LogP contribution in [0.5, 0.6) is 5.75 Å². The van der Waals surface area contributed by atoms with Gasteiger partial charge in [0, 0.05) is 6.42 Å². The zero-order chi connectivity index (χ0) is 17.6. The third kappa shape index (κ3) is 4.49. The van der Waals surface area contributed by atoms with Crippen molar-refractivity contribution in [1.82, 2.24) is 0 Å². The number of halogens is 3. The maximum absolute atomic E-state index is 12.7. The lowest BCUT2D eigenvalue weighted by molar-refractivity contribution is -0.137. The summed E-state index contributed by atoms with van der Waals surface area (Å²) in [5.74, 6) is -1.51. The number of nitrogens with zero attached hydrogens (tertiary/aromatic N) is 1. The number of allylic oxidation sites excluding steroid dienone is 1. The number of benzene rings is 1. The Morgan fingerprint density at radius 2 is 2.04 bits per heavy atom. The Labute approximate surface area is 131 Å². The van der Waals surface area contributed by atoms with Crippen LogP contribution in [0.25, 0.3) is 5.76 Å². The molecule has 7 heteroatoms. The summed E-state index contributed by atoms with van der Waals surface area (Å²) in [6.45, 7) is 1.86. The van der Waals surface area contributed by atoms with E-state index in [-0.39, 0.29) is 17.7 Å². The largest absolute Gasteiger partial charge is 0.506 e. The highest BCUT2D eigenvalue weighted by atomic mass is 19.4. The maximum Gasteiger partial charge on any atom is 0.416 e. The number of carbonyl (C=O) groups is 1. The molecule has 124 valence electrons. The van der Waals surface area contributed by atoms with Crippen molar-refractivity contribution >= 4 is 11.5 Å². The zero-order valence-corrected chi connectivity index (χ0v) is 12.7. The molecule has 1 aromatic rings. The van der Waals surface area contributed by atoms with Crippen LogP contribution in [-0.4, -0.2) is 18.0 Å². The third-order valence-electron chi connectivity index (χ3n) is 3.17. The number of hydrogen-bond acceptors (Lipinski definition) is 4. The number of carbonyl (C=O) groups excluding carboxylic acids is 1. The predicted octanol–water partition coefficient (Wildman–Crippen LogP) is 4.27. The molecule has 4 nitrogen and oxygen atoms in total. The minimum Gasteiger partial charge on any atom is -0.506 e. The number of aliphatic hydroxyl groups is 1. The Hall–Kier alpha value is -2.49. The van der Waals surface area contributed by atoms with Crippen LogP contribution in [0.15, 0.2) is 23.8 Å². The number of rotatable bonds is 6. The number of unbranched alkanes of at least 4 members (excludes halogenated alkanes) is 1. The summed E-state index contributed by atoms with van der Waals surface area (Å²) in [6, 6.07) is 4.04. The van der Waals surface area contributed by atoms with E-state index in [1.54, 1.807) is 6.07 Å². The Bertz CT molecular complexity index is 658. The van der Waals surface area contributed by atoms with E-state index >= 15 is 0 Å². The van der Waals surface area contributed by atoms with Crippen LogP contribution < -0.4 is 4.74 Å². The van der Waals surface area contributed by atoms with Crippen molar-refractivity contribution in [3.63, 3.8) is 0 Å². The molecular weight excluding hydrogens is 311 g/mol. The number of hydrogen-bond donors (Lipinski definition) is 1. The molecule has 0 saturated carbocycles. The molecule has 0 atom stereocenters. The zero-order valence-electron chi connectivity index (χ0n) is 12.7. The van der Waals surface area contributed by atoms with Crippen LogP contribution in [0.3, 0.4) is 0 Å². The molecule has 0 spiro atoms. The molecule has 0 fully saturated rings. The van der Waals surface area contributed by atoms with Gasteiger partial charge in [-0.25, -0.2) is 0 Å². The molecule has 0 amide bonds. The first-order valence-electron chi connectivity index (χ1n) is 6.88. The van der Waals surface area contributed by atoms with E-state index < -0.39 is 28.9 Å². The minimum atomic E-state index is -4.57. The molecule has 0 aliphatic heterocycles. The Morgan fingerprint density at radius 3 is 2.52 bits per heavy atom. The SMILES string of the molecule is CCCCC(=O)C(C#N)=C(O)c1ccc(C(F)(F)F)cc1OC. The molecule has 0 heterocycles. The van der Waals surface area contributed by atoms with Crippen molar-refractivity contribution in [3.05, 3.63) is 34.9 Å². The summed E-state index contributed by atoms with van der Waals surface area (Å²) in [4.78, 5) is 11.9. The van der Waals surface area contributed by atoms with Crippen molar-refractivity contribution in [2.75, 3.05) is 7.11 Å². The number of ether oxygens (including phenoxy) is 1. The number of alkyl halides is 3. The second-order valence-corrected chi connectivity index (χ2v) is 4.77. The second-order valence-electron chi connectivity index (χ2n) is 4.77. The lowest BCUT2D eigenvalue weighted by Crippen LogP contribution is -2.08. The molecule has 0 aromatic heterocycles. The van der Waals surface area contributed by atoms with Crippen LogP contribution in [0.1, 0.15) is 37.3 Å². The molecule has 1 aromatic carbocycles. The van der Waals surface area contributed by atoms with Crippen molar-refractivity contribution in [2.45, 2.75) is 32.4 Å². The van der Waals surface area contributed by atoms with Gasteiger partial charge in [-0.15, -0.1) is 0 Å². The molecule has 0 aliphatic rings. The average molecular weight is 327 g/mol. The molecule has 23 heavy (non-hydrogen) atoms. The Morgan fingerprint density at radius 1 is 1.39 bits per heavy atom. The molecule has 0 bridgehead atoms. The summed E-state index contributed by atoms with van der Waals surface area (Å²) in [5, 5.41) is 19.2. The molecule has 1 rings (SSSR count). The molecule has 0 aliphatic carbocycles. The van der Waals surface area contributed by atoms with Gasteiger partial charge in [0.1, 0.15) is 23.2 Å². The van der Waals surface area contributed by atoms with Gasteiger partial charge in [-0.2, -0.15) is 18.4 Å². The van der Waals surface area contributed by atoms with E-state index in [1.165, 1.54) is 0 Å². The van der Waals surface area contributed by atoms with E-state index in [9.17, 15) is 23.1 Å². The summed E-state index contributed by atoms with van der Waals surface area (Å²) >= 11 is 0. The molecule has 0 unspecified atom stereocenters. The average Bonchev–Trinajstić information content (AvgIpc) is 2.51. The second kappa shape index (κ2) is 7.68. The lowest BCUT2D eigenvalue weighted by atomic mass is 10.0. The van der Waals surface area contributed by atoms with Crippen LogP contribution in [0, 0.1) is 11.3 Å². The Balaban J connectivity index is 3.35. The van der Waals surface area contributed by atoms with Gasteiger partial charge in [-0.05, 0) is 24.6 Å². The van der Waals surface area contributed by atoms with E-state index in [0.717, 1.165) is 25.7 Å². The van der Waals surface area contributed by atoms with Crippen LogP contribution in [0.2, 0.25) is 0 Å². The van der Waals surface area contributed by atoms with E-state index in [2.05, 4.69) is 0 Å². The fraction of sp³-hybridized carbons (Fsp3) is 0.375. The lowest BCUT2D eigenvalue weighted by Gasteiger charge is -2.13. The number of aliphatic hydroxyl groups excluding tert-OH is 1. The number of nitriles is 1. The van der Waals surface area contributed by atoms with Gasteiger partial charge >= 0.3 is 6.18 Å². The molecule has 0 radical (unpaired) electrons. The molecular formula is C16H16F3NO3. The normalized spacial score (nSPS) is 12.3. The van der Waals surface area contributed by atoms with Crippen molar-refractivity contribution < 1.29 is 27.8 Å². The van der Waals surface area contributed by atoms with Gasteiger partial charge in [0.05, 0.1) is 18.2 Å². The Kier molecular flexibility index (Phi) is 6.19. The van der Waals surface area contributed by atoms with Crippen LogP contribution in [0.4, 0.5) is 13.2 Å². The first-order valence-corrected chi connectivity index (χ1v) is 6.88. The van der Waals surface area contributed by atoms with Crippen LogP contribution >= 0.6 is 0 Å². The van der Waals surface area contributed by atoms with Gasteiger partial charge in [0.2, 0.25) is 0 Å². The van der Waals surface area contributed by atoms with Gasteiger partial charge in [-0.1, -0.05) is 13.3 Å². The first kappa shape index (κ1) is 18.6. The summed E-state index contributed by atoms with van der Waals surface area (Å²) in [7, 11) is 1.14. The van der Waals surface area contributed by atoms with Gasteiger partial charge in [0.25, 0.3) is 0 Å². The molecule has 0 saturated heterocycles. The van der Waals surface area contributed by atoms with E-state index in [4.69, 9.17) is 10.00 Å². The smallest absolute Gasteiger partial charge is 0.416 e. The van der Waals surface area contributed by atoms with E-state index in [0.29, 0.717) is 12.5 Å². The highest BCUT2D eigenvalue weighted by Crippen LogP contribution is 2.35. The first-order chi connectivity index (χ1) is 10.8. The predicted molar refractivity (Wildman–Crippen MR) is 77.7 cm³/mol. The highest BCUT2D eigenvalue weighted by Gasteiger charge is 2.32. The summed E-state index contributed by atoms with van der Waals surface area (Å²) in [6.07, 6.45) is -3.22. The number of Topliss-reactive ketones (excluding diaryl/α,β-unsaturated/α-hetero) is 1. The van der Waals surface area contributed by atoms with Gasteiger partial charge < -0.3 is 9.84 Å². The van der Waals surface area contributed by atoms with E-state index in [1.807, 2.05) is 6.92 Å². The summed E-state index contributed by atoms with van der Waals surface area (Å²) in [5.41, 5.74) is -1.58. The van der Waals surface area contributed by atoms with Crippen LogP contribution in [-0.2, 0) is 11.0 Å². The summed E-state index contributed by atoms with van der Waals surface area (Å²) < 4.78 is 42.9. The van der Waals surface area contributed by atoms with Crippen molar-refractivity contribution in [1.29, 1.82) is 5.26 Å². The third-order valence-corrected chi connectivity index (χ3v) is 3.17. The fourth-order valence-electron chi connectivity index (χ4n) is 1.91. The molecule has 1 N–H and O–H groups in total. The fourth-order valence-corrected chi connectivity index (χ4v) is 1.91. The maximum atomic E-state index is 12.7. The topological polar surface area (TPSA) is 70.3 Å². The number of ketones is 1. The number of methoxy groups -OCH3 is 1. The highest BCUT2D eigenvalue weighted by molar-refractivity contribution is 6.05. The quantitative estimate of drug-likeness (QED) is 0.481.